The Balaban J connectivity index is 1.57. The molecule has 2 fully saturated rings. The third kappa shape index (κ3) is 2.51. The van der Waals surface area contributed by atoms with Gasteiger partial charge in [-0.2, -0.15) is 13.2 Å². The molecule has 1 saturated carbocycles. The normalized spacial score (nSPS) is 35.7. The van der Waals surface area contributed by atoms with Crippen molar-refractivity contribution in [3.05, 3.63) is 17.7 Å². The van der Waals surface area contributed by atoms with E-state index < -0.39 is 11.9 Å². The van der Waals surface area contributed by atoms with Gasteiger partial charge in [0, 0.05) is 30.1 Å². The molecule has 3 aliphatic rings. The van der Waals surface area contributed by atoms with Gasteiger partial charge in [0.05, 0.1) is 0 Å². The van der Waals surface area contributed by atoms with Crippen LogP contribution in [0.4, 0.5) is 13.2 Å². The van der Waals surface area contributed by atoms with E-state index in [1.807, 2.05) is 0 Å². The first-order valence-corrected chi connectivity index (χ1v) is 8.49. The van der Waals surface area contributed by atoms with Gasteiger partial charge >= 0.3 is 6.18 Å². The molecule has 132 valence electrons. The largest absolute Gasteiger partial charge is 0.434 e. The summed E-state index contributed by atoms with van der Waals surface area (Å²) in [6, 6.07) is 0. The van der Waals surface area contributed by atoms with Crippen molar-refractivity contribution in [1.82, 2.24) is 14.9 Å². The minimum Gasteiger partial charge on any atom is -0.369 e. The number of hydrogen-bond donors (Lipinski definition) is 2. The van der Waals surface area contributed by atoms with Gasteiger partial charge in [-0.05, 0) is 44.6 Å². The Morgan fingerprint density at radius 2 is 2.17 bits per heavy atom. The zero-order chi connectivity index (χ0) is 17.1. The molecule has 1 aromatic rings. The minimum atomic E-state index is -4.41. The number of aryl methyl sites for hydroxylation is 1. The topological polar surface area (TPSA) is 72.9 Å². The summed E-state index contributed by atoms with van der Waals surface area (Å²) in [6.45, 7) is 1.32. The fourth-order valence-electron chi connectivity index (χ4n) is 4.68. The molecule has 8 heteroatoms. The smallest absolute Gasteiger partial charge is 0.369 e. The van der Waals surface area contributed by atoms with Crippen LogP contribution in [0.2, 0.25) is 0 Å². The fourth-order valence-corrected chi connectivity index (χ4v) is 4.68. The number of carbonyl (C=O) groups excluding carboxylic acids is 1. The maximum absolute atomic E-state index is 13.0. The highest BCUT2D eigenvalue weighted by Crippen LogP contribution is 2.58. The summed E-state index contributed by atoms with van der Waals surface area (Å²) >= 11 is 0. The number of rotatable bonds is 2. The van der Waals surface area contributed by atoms with Gasteiger partial charge in [-0.15, -0.1) is 0 Å². The Morgan fingerprint density at radius 3 is 2.88 bits per heavy atom. The van der Waals surface area contributed by atoms with Crippen molar-refractivity contribution in [2.24, 2.45) is 17.6 Å². The maximum atomic E-state index is 13.0. The van der Waals surface area contributed by atoms with E-state index in [9.17, 15) is 18.0 Å². The molecule has 1 amide bonds. The first kappa shape index (κ1) is 15.9. The second kappa shape index (κ2) is 5.21. The summed E-state index contributed by atoms with van der Waals surface area (Å²) in [5, 5.41) is 3.50. The van der Waals surface area contributed by atoms with Crippen molar-refractivity contribution in [3.8, 4) is 0 Å². The van der Waals surface area contributed by atoms with Crippen LogP contribution < -0.4 is 11.1 Å². The number of halogens is 3. The fraction of sp³-hybridized carbons (Fsp3) is 0.750. The number of fused-ring (bicyclic) bond motifs is 1. The first-order chi connectivity index (χ1) is 11.3. The zero-order valence-electron chi connectivity index (χ0n) is 13.3. The molecule has 3 N–H and O–H groups in total. The number of nitrogens with two attached hydrogens (primary N) is 1. The Morgan fingerprint density at radius 1 is 1.38 bits per heavy atom. The second-order valence-corrected chi connectivity index (χ2v) is 7.41. The molecular formula is C16H21F3N4O. The predicted molar refractivity (Wildman–Crippen MR) is 80.0 cm³/mol. The van der Waals surface area contributed by atoms with E-state index in [4.69, 9.17) is 5.73 Å². The van der Waals surface area contributed by atoms with E-state index in [2.05, 4.69) is 10.3 Å². The molecular weight excluding hydrogens is 321 g/mol. The molecule has 1 aliphatic carbocycles. The van der Waals surface area contributed by atoms with Crippen LogP contribution in [0.15, 0.2) is 6.20 Å². The monoisotopic (exact) mass is 342 g/mol. The van der Waals surface area contributed by atoms with Gasteiger partial charge in [0.15, 0.2) is 5.69 Å². The lowest BCUT2D eigenvalue weighted by Gasteiger charge is -2.32. The van der Waals surface area contributed by atoms with Crippen molar-refractivity contribution >= 4 is 5.91 Å². The van der Waals surface area contributed by atoms with Crippen molar-refractivity contribution in [2.45, 2.75) is 56.3 Å². The minimum absolute atomic E-state index is 0.0222. The van der Waals surface area contributed by atoms with Crippen molar-refractivity contribution in [2.75, 3.05) is 6.54 Å². The molecule has 5 nitrogen and oxygen atoms in total. The van der Waals surface area contributed by atoms with E-state index in [0.29, 0.717) is 18.8 Å². The number of imidazole rings is 1. The SMILES string of the molecule is NC(=O)C1CCNC2(C1)CC2[C@@H]1CCCn2cc(C(F)(F)F)nc21. The van der Waals surface area contributed by atoms with E-state index in [0.717, 1.165) is 38.4 Å². The molecule has 4 atom stereocenters. The molecule has 0 aromatic carbocycles. The van der Waals surface area contributed by atoms with Crippen molar-refractivity contribution in [1.29, 1.82) is 0 Å². The van der Waals surface area contributed by atoms with Crippen LogP contribution in [-0.2, 0) is 17.5 Å². The number of nitrogens with one attached hydrogen (secondary N) is 1. The molecule has 2 aliphatic heterocycles. The van der Waals surface area contributed by atoms with Crippen LogP contribution in [-0.4, -0.2) is 27.5 Å². The summed E-state index contributed by atoms with van der Waals surface area (Å²) in [5.41, 5.74) is 4.52. The van der Waals surface area contributed by atoms with Crippen molar-refractivity contribution < 1.29 is 18.0 Å². The summed E-state index contributed by atoms with van der Waals surface area (Å²) in [4.78, 5) is 15.4. The van der Waals surface area contributed by atoms with Gasteiger partial charge in [0.2, 0.25) is 5.91 Å². The number of aromatic nitrogens is 2. The van der Waals surface area contributed by atoms with E-state index in [1.165, 1.54) is 0 Å². The molecule has 1 saturated heterocycles. The predicted octanol–water partition coefficient (Wildman–Crippen LogP) is 2.02. The Hall–Kier alpha value is -1.57. The molecule has 1 spiro atoms. The van der Waals surface area contributed by atoms with Gasteiger partial charge < -0.3 is 15.6 Å². The van der Waals surface area contributed by atoms with Crippen LogP contribution in [0.1, 0.15) is 49.5 Å². The average Bonchev–Trinajstić information content (AvgIpc) is 3.00. The maximum Gasteiger partial charge on any atom is 0.434 e. The lowest BCUT2D eigenvalue weighted by molar-refractivity contribution is -0.141. The van der Waals surface area contributed by atoms with Crippen LogP contribution in [0.3, 0.4) is 0 Å². The summed E-state index contributed by atoms with van der Waals surface area (Å²) in [7, 11) is 0. The van der Waals surface area contributed by atoms with Gasteiger partial charge in [0.1, 0.15) is 5.82 Å². The highest BCUT2D eigenvalue weighted by Gasteiger charge is 2.60. The number of carbonyl (C=O) groups is 1. The molecule has 4 rings (SSSR count). The van der Waals surface area contributed by atoms with Gasteiger partial charge in [-0.25, -0.2) is 4.98 Å². The van der Waals surface area contributed by atoms with E-state index in [1.54, 1.807) is 4.57 Å². The Kier molecular flexibility index (Phi) is 3.46. The quantitative estimate of drug-likeness (QED) is 0.864. The summed E-state index contributed by atoms with van der Waals surface area (Å²) in [5.74, 6) is 0.408. The molecule has 24 heavy (non-hydrogen) atoms. The average molecular weight is 342 g/mol. The van der Waals surface area contributed by atoms with Gasteiger partial charge in [-0.1, -0.05) is 0 Å². The molecule has 3 unspecified atom stereocenters. The number of hydrogen-bond acceptors (Lipinski definition) is 3. The van der Waals surface area contributed by atoms with Crippen LogP contribution >= 0.6 is 0 Å². The van der Waals surface area contributed by atoms with E-state index >= 15 is 0 Å². The molecule has 0 bridgehead atoms. The second-order valence-electron chi connectivity index (χ2n) is 7.41. The van der Waals surface area contributed by atoms with Gasteiger partial charge in [0.25, 0.3) is 0 Å². The van der Waals surface area contributed by atoms with Crippen LogP contribution in [0.5, 0.6) is 0 Å². The first-order valence-electron chi connectivity index (χ1n) is 8.49. The highest BCUT2D eigenvalue weighted by molar-refractivity contribution is 5.77. The Bertz CT molecular complexity index is 671. The summed E-state index contributed by atoms with van der Waals surface area (Å²) < 4.78 is 40.6. The van der Waals surface area contributed by atoms with Crippen LogP contribution in [0.25, 0.3) is 0 Å². The molecule has 3 heterocycles. The Labute approximate surface area is 137 Å². The number of amides is 1. The number of piperidine rings is 1. The number of nitrogens with zero attached hydrogens (tertiary/aromatic N) is 2. The van der Waals surface area contributed by atoms with Crippen LogP contribution in [0, 0.1) is 11.8 Å². The lowest BCUT2D eigenvalue weighted by atomic mass is 9.84. The standard InChI is InChI=1S/C16H21F3N4O/c17-16(18,19)12-8-23-5-1-2-10(14(23)22-12)11-7-15(11)6-9(13(20)24)3-4-21-15/h8-11,21H,1-7H2,(H2,20,24)/t9?,10-,11?,15?/m0/s1. The van der Waals surface area contributed by atoms with Gasteiger partial charge in [-0.3, -0.25) is 4.79 Å². The summed E-state index contributed by atoms with van der Waals surface area (Å²) in [6.07, 6.45) is 0.751. The van der Waals surface area contributed by atoms with Crippen molar-refractivity contribution in [3.63, 3.8) is 0 Å². The van der Waals surface area contributed by atoms with E-state index in [-0.39, 0.29) is 29.2 Å². The third-order valence-electron chi connectivity index (χ3n) is 5.95. The highest BCUT2D eigenvalue weighted by atomic mass is 19.4. The number of primary amides is 1. The third-order valence-corrected chi connectivity index (χ3v) is 5.95. The number of alkyl halides is 3. The molecule has 0 radical (unpaired) electrons. The lowest BCUT2D eigenvalue weighted by Crippen LogP contribution is -2.46. The zero-order valence-corrected chi connectivity index (χ0v) is 13.3. The molecule has 1 aromatic heterocycles.